The Balaban J connectivity index is 1.87. The maximum absolute atomic E-state index is 12.3. The van der Waals surface area contributed by atoms with Gasteiger partial charge in [0.15, 0.2) is 0 Å². The molecule has 10 nitrogen and oxygen atoms in total. The molecule has 10 heteroatoms. The third-order valence-electron chi connectivity index (χ3n) is 4.07. The molecule has 150 valence electrons. The molecule has 7 N–H and O–H groups in total. The number of carboxylic acids is 1. The number of phenolic OH excluding ortho intramolecular Hbond substituents is 1. The molecule has 3 atom stereocenters. The molecule has 1 heterocycles. The number of carboxylic acid groups (broad SMARTS) is 1. The lowest BCUT2D eigenvalue weighted by Crippen LogP contribution is -2.54. The molecule has 0 aliphatic heterocycles. The Morgan fingerprint density at radius 2 is 1.82 bits per heavy atom. The second kappa shape index (κ2) is 9.51. The van der Waals surface area contributed by atoms with Gasteiger partial charge in [-0.15, -0.1) is 0 Å². The van der Waals surface area contributed by atoms with Crippen molar-refractivity contribution in [3.63, 3.8) is 0 Å². The molecule has 0 radical (unpaired) electrons. The summed E-state index contributed by atoms with van der Waals surface area (Å²) < 4.78 is 0. The number of aromatic nitrogens is 2. The van der Waals surface area contributed by atoms with Gasteiger partial charge >= 0.3 is 5.97 Å². The highest BCUT2D eigenvalue weighted by molar-refractivity contribution is 5.91. The second-order valence-corrected chi connectivity index (χ2v) is 6.39. The summed E-state index contributed by atoms with van der Waals surface area (Å²) in [6.07, 6.45) is 3.13. The monoisotopic (exact) mass is 389 g/mol. The first kappa shape index (κ1) is 20.9. The third kappa shape index (κ3) is 6.09. The Morgan fingerprint density at radius 3 is 2.39 bits per heavy atom. The zero-order valence-corrected chi connectivity index (χ0v) is 15.3. The smallest absolute Gasteiger partial charge is 0.326 e. The first-order valence-electron chi connectivity index (χ1n) is 8.60. The van der Waals surface area contributed by atoms with Crippen LogP contribution in [-0.2, 0) is 27.2 Å². The number of nitrogens with one attached hydrogen (secondary N) is 3. The summed E-state index contributed by atoms with van der Waals surface area (Å²) in [6, 6.07) is 3.22. The number of carbonyl (C=O) groups excluding carboxylic acids is 2. The summed E-state index contributed by atoms with van der Waals surface area (Å²) in [5.41, 5.74) is 7.17. The normalized spacial score (nSPS) is 13.9. The molecular formula is C18H23N5O5. The second-order valence-electron chi connectivity index (χ2n) is 6.39. The fourth-order valence-electron chi connectivity index (χ4n) is 2.48. The number of amides is 2. The number of hydrogen-bond acceptors (Lipinski definition) is 6. The standard InChI is InChI=1S/C18H23N5O5/c1-10(16(25)23-15(18(27)28)7-12-8-20-9-21-12)22-17(26)14(19)6-11-2-4-13(24)5-3-11/h2-5,8-10,14-15,24H,6-7,19H2,1H3,(H,20,21)(H,22,26)(H,23,25)(H,27,28). The summed E-state index contributed by atoms with van der Waals surface area (Å²) in [5, 5.41) is 23.4. The molecule has 2 rings (SSSR count). The molecule has 0 fully saturated rings. The van der Waals surface area contributed by atoms with Gasteiger partial charge in [-0.2, -0.15) is 0 Å². The lowest BCUT2D eigenvalue weighted by atomic mass is 10.1. The zero-order valence-electron chi connectivity index (χ0n) is 15.3. The molecule has 0 spiro atoms. The van der Waals surface area contributed by atoms with Crippen LogP contribution in [0.25, 0.3) is 0 Å². The number of hydrogen-bond donors (Lipinski definition) is 6. The lowest BCUT2D eigenvalue weighted by Gasteiger charge is -2.20. The van der Waals surface area contributed by atoms with E-state index >= 15 is 0 Å². The molecule has 0 bridgehead atoms. The number of nitrogens with two attached hydrogens (primary N) is 1. The Hall–Kier alpha value is -3.40. The van der Waals surface area contributed by atoms with Crippen molar-refractivity contribution >= 4 is 17.8 Å². The van der Waals surface area contributed by atoms with Crippen LogP contribution in [0.5, 0.6) is 5.75 Å². The number of nitrogens with zero attached hydrogens (tertiary/aromatic N) is 1. The molecule has 2 amide bonds. The van der Waals surface area contributed by atoms with Crippen LogP contribution in [0.1, 0.15) is 18.2 Å². The van der Waals surface area contributed by atoms with Gasteiger partial charge in [0.1, 0.15) is 17.8 Å². The number of rotatable bonds is 9. The van der Waals surface area contributed by atoms with Gasteiger partial charge in [-0.25, -0.2) is 9.78 Å². The van der Waals surface area contributed by atoms with Crippen molar-refractivity contribution in [2.45, 2.75) is 37.9 Å². The molecule has 28 heavy (non-hydrogen) atoms. The SMILES string of the molecule is CC(NC(=O)C(N)Cc1ccc(O)cc1)C(=O)NC(Cc1cnc[nH]1)C(=O)O. The molecule has 0 saturated carbocycles. The van der Waals surface area contributed by atoms with E-state index in [-0.39, 0.29) is 18.6 Å². The number of carbonyl (C=O) groups is 3. The number of phenols is 1. The van der Waals surface area contributed by atoms with Crippen molar-refractivity contribution in [3.05, 3.63) is 48.0 Å². The van der Waals surface area contributed by atoms with E-state index in [1.54, 1.807) is 12.1 Å². The van der Waals surface area contributed by atoms with Crippen molar-refractivity contribution in [2.75, 3.05) is 0 Å². The minimum Gasteiger partial charge on any atom is -0.508 e. The van der Waals surface area contributed by atoms with E-state index in [1.165, 1.54) is 31.6 Å². The molecule has 3 unspecified atom stereocenters. The minimum atomic E-state index is -1.20. The highest BCUT2D eigenvalue weighted by atomic mass is 16.4. The van der Waals surface area contributed by atoms with Gasteiger partial charge in [-0.1, -0.05) is 12.1 Å². The van der Waals surface area contributed by atoms with E-state index in [0.29, 0.717) is 5.69 Å². The summed E-state index contributed by atoms with van der Waals surface area (Å²) in [7, 11) is 0. The zero-order chi connectivity index (χ0) is 20.7. The fourth-order valence-corrected chi connectivity index (χ4v) is 2.48. The van der Waals surface area contributed by atoms with E-state index in [0.717, 1.165) is 5.56 Å². The molecular weight excluding hydrogens is 366 g/mol. The van der Waals surface area contributed by atoms with Crippen LogP contribution in [0.15, 0.2) is 36.8 Å². The van der Waals surface area contributed by atoms with Crippen LogP contribution in [-0.4, -0.2) is 56.1 Å². The summed E-state index contributed by atoms with van der Waals surface area (Å²) in [5.74, 6) is -2.28. The van der Waals surface area contributed by atoms with Crippen LogP contribution < -0.4 is 16.4 Å². The van der Waals surface area contributed by atoms with Crippen molar-refractivity contribution < 1.29 is 24.6 Å². The summed E-state index contributed by atoms with van der Waals surface area (Å²) in [6.45, 7) is 1.44. The van der Waals surface area contributed by atoms with Crippen molar-refractivity contribution in [2.24, 2.45) is 5.73 Å². The number of aromatic amines is 1. The van der Waals surface area contributed by atoms with Crippen molar-refractivity contribution in [3.8, 4) is 5.75 Å². The highest BCUT2D eigenvalue weighted by Crippen LogP contribution is 2.11. The van der Waals surface area contributed by atoms with Gasteiger partial charge in [-0.3, -0.25) is 9.59 Å². The van der Waals surface area contributed by atoms with Crippen LogP contribution in [0.4, 0.5) is 0 Å². The fraction of sp³-hybridized carbons (Fsp3) is 0.333. The minimum absolute atomic E-state index is 0.0299. The lowest BCUT2D eigenvalue weighted by molar-refractivity contribution is -0.142. The Morgan fingerprint density at radius 1 is 1.14 bits per heavy atom. The van der Waals surface area contributed by atoms with E-state index in [2.05, 4.69) is 20.6 Å². The predicted molar refractivity (Wildman–Crippen MR) is 99.2 cm³/mol. The van der Waals surface area contributed by atoms with Gasteiger partial charge in [0, 0.05) is 18.3 Å². The molecule has 1 aromatic heterocycles. The largest absolute Gasteiger partial charge is 0.508 e. The molecule has 0 aliphatic carbocycles. The van der Waals surface area contributed by atoms with Gasteiger partial charge in [-0.05, 0) is 31.0 Å². The number of aromatic hydroxyl groups is 1. The molecule has 0 saturated heterocycles. The maximum Gasteiger partial charge on any atom is 0.326 e. The molecule has 1 aromatic carbocycles. The van der Waals surface area contributed by atoms with Crippen LogP contribution >= 0.6 is 0 Å². The highest BCUT2D eigenvalue weighted by Gasteiger charge is 2.26. The van der Waals surface area contributed by atoms with Crippen LogP contribution in [0.2, 0.25) is 0 Å². The summed E-state index contributed by atoms with van der Waals surface area (Å²) >= 11 is 0. The average molecular weight is 389 g/mol. The first-order valence-corrected chi connectivity index (χ1v) is 8.60. The number of imidazole rings is 1. The number of aliphatic carboxylic acids is 1. The van der Waals surface area contributed by atoms with Crippen LogP contribution in [0.3, 0.4) is 0 Å². The van der Waals surface area contributed by atoms with E-state index in [1.807, 2.05) is 0 Å². The third-order valence-corrected chi connectivity index (χ3v) is 4.07. The van der Waals surface area contributed by atoms with E-state index in [9.17, 15) is 24.6 Å². The van der Waals surface area contributed by atoms with Gasteiger partial charge in [0.05, 0.1) is 12.4 Å². The van der Waals surface area contributed by atoms with Crippen molar-refractivity contribution in [1.82, 2.24) is 20.6 Å². The van der Waals surface area contributed by atoms with Gasteiger partial charge in [0.25, 0.3) is 0 Å². The van der Waals surface area contributed by atoms with Gasteiger partial charge in [0.2, 0.25) is 11.8 Å². The quantitative estimate of drug-likeness (QED) is 0.329. The number of benzene rings is 1. The predicted octanol–water partition coefficient (Wildman–Crippen LogP) is -0.698. The maximum atomic E-state index is 12.3. The topological polar surface area (TPSA) is 170 Å². The van der Waals surface area contributed by atoms with Crippen molar-refractivity contribution in [1.29, 1.82) is 0 Å². The average Bonchev–Trinajstić information content (AvgIpc) is 3.15. The summed E-state index contributed by atoms with van der Waals surface area (Å²) in [4.78, 5) is 42.4. The molecule has 2 aromatic rings. The number of H-pyrrole nitrogens is 1. The Labute approximate surface area is 161 Å². The van der Waals surface area contributed by atoms with Gasteiger partial charge < -0.3 is 31.6 Å². The Bertz CT molecular complexity index is 806. The first-order chi connectivity index (χ1) is 13.3. The Kier molecular flexibility index (Phi) is 7.10. The van der Waals surface area contributed by atoms with E-state index in [4.69, 9.17) is 5.73 Å². The van der Waals surface area contributed by atoms with E-state index < -0.39 is 35.9 Å². The molecule has 0 aliphatic rings. The van der Waals surface area contributed by atoms with Crippen LogP contribution in [0, 0.1) is 0 Å².